The van der Waals surface area contributed by atoms with E-state index in [1.807, 2.05) is 24.3 Å². The summed E-state index contributed by atoms with van der Waals surface area (Å²) in [7, 11) is -2.48. The third-order valence-corrected chi connectivity index (χ3v) is 6.12. The van der Waals surface area contributed by atoms with Crippen molar-refractivity contribution in [3.8, 4) is 5.75 Å². The summed E-state index contributed by atoms with van der Waals surface area (Å²) >= 11 is 0. The Morgan fingerprint density at radius 2 is 1.74 bits per heavy atom. The van der Waals surface area contributed by atoms with E-state index in [2.05, 4.69) is 10.0 Å². The van der Waals surface area contributed by atoms with Crippen LogP contribution in [-0.4, -0.2) is 28.0 Å². The maximum atomic E-state index is 13.8. The molecular formula is C23H23FN2O4S. The van der Waals surface area contributed by atoms with E-state index in [0.29, 0.717) is 18.5 Å². The maximum Gasteiger partial charge on any atom is 0.262 e. The minimum Gasteiger partial charge on any atom is -0.496 e. The molecule has 0 atom stereocenters. The highest BCUT2D eigenvalue weighted by atomic mass is 32.2. The number of para-hydroxylation sites is 2. The standard InChI is InChI=1S/C23H23FN2O4S/c1-16-11-12-18(31(28,29)26-21-9-5-4-8-20(21)24)15-19(16)23(27)25-14-13-17-7-3-6-10-22(17)30-2/h3-12,15,26H,13-14H2,1-2H3,(H,25,27). The molecule has 1 amide bonds. The number of carbonyl (C=O) groups is 1. The summed E-state index contributed by atoms with van der Waals surface area (Å²) in [5, 5.41) is 2.81. The molecule has 0 heterocycles. The molecule has 3 aromatic carbocycles. The topological polar surface area (TPSA) is 84.5 Å². The van der Waals surface area contributed by atoms with Gasteiger partial charge in [-0.2, -0.15) is 0 Å². The molecule has 3 aromatic rings. The number of halogens is 1. The van der Waals surface area contributed by atoms with Crippen molar-refractivity contribution in [3.63, 3.8) is 0 Å². The van der Waals surface area contributed by atoms with Crippen molar-refractivity contribution in [3.05, 3.63) is 89.2 Å². The van der Waals surface area contributed by atoms with E-state index in [0.717, 1.165) is 17.4 Å². The molecule has 2 N–H and O–H groups in total. The van der Waals surface area contributed by atoms with Crippen LogP contribution in [0.15, 0.2) is 71.6 Å². The second-order valence-corrected chi connectivity index (χ2v) is 8.56. The smallest absolute Gasteiger partial charge is 0.262 e. The van der Waals surface area contributed by atoms with Crippen LogP contribution in [0.25, 0.3) is 0 Å². The Balaban J connectivity index is 1.74. The molecule has 0 aliphatic heterocycles. The van der Waals surface area contributed by atoms with Gasteiger partial charge in [-0.1, -0.05) is 36.4 Å². The molecule has 0 fully saturated rings. The van der Waals surface area contributed by atoms with Crippen molar-refractivity contribution in [2.24, 2.45) is 0 Å². The Morgan fingerprint density at radius 1 is 1.03 bits per heavy atom. The van der Waals surface area contributed by atoms with Gasteiger partial charge in [0.05, 0.1) is 17.7 Å². The monoisotopic (exact) mass is 442 g/mol. The lowest BCUT2D eigenvalue weighted by atomic mass is 10.1. The fourth-order valence-corrected chi connectivity index (χ4v) is 4.17. The normalized spacial score (nSPS) is 11.1. The average Bonchev–Trinajstić information content (AvgIpc) is 2.75. The minimum atomic E-state index is -4.07. The molecule has 0 bridgehead atoms. The van der Waals surface area contributed by atoms with Gasteiger partial charge in [0, 0.05) is 12.1 Å². The number of carbonyl (C=O) groups excluding carboxylic acids is 1. The molecule has 0 radical (unpaired) electrons. The van der Waals surface area contributed by atoms with Crippen molar-refractivity contribution < 1.29 is 22.3 Å². The number of amides is 1. The Labute approximate surface area is 181 Å². The average molecular weight is 443 g/mol. The van der Waals surface area contributed by atoms with E-state index in [1.165, 1.54) is 30.3 Å². The van der Waals surface area contributed by atoms with E-state index >= 15 is 0 Å². The summed E-state index contributed by atoms with van der Waals surface area (Å²) in [6.07, 6.45) is 0.557. The van der Waals surface area contributed by atoms with Crippen molar-refractivity contribution in [2.75, 3.05) is 18.4 Å². The molecule has 162 valence electrons. The van der Waals surface area contributed by atoms with Crippen molar-refractivity contribution in [2.45, 2.75) is 18.2 Å². The molecule has 6 nitrogen and oxygen atoms in total. The lowest BCUT2D eigenvalue weighted by molar-refractivity contribution is 0.0953. The van der Waals surface area contributed by atoms with E-state index in [1.54, 1.807) is 20.1 Å². The first-order valence-electron chi connectivity index (χ1n) is 9.60. The van der Waals surface area contributed by atoms with E-state index in [9.17, 15) is 17.6 Å². The first kappa shape index (κ1) is 22.3. The fraction of sp³-hybridized carbons (Fsp3) is 0.174. The number of methoxy groups -OCH3 is 1. The van der Waals surface area contributed by atoms with Gasteiger partial charge in [-0.05, 0) is 54.8 Å². The van der Waals surface area contributed by atoms with Gasteiger partial charge in [0.2, 0.25) is 0 Å². The zero-order valence-corrected chi connectivity index (χ0v) is 18.0. The summed E-state index contributed by atoms with van der Waals surface area (Å²) in [6, 6.07) is 17.2. The molecular weight excluding hydrogens is 419 g/mol. The minimum absolute atomic E-state index is 0.128. The predicted octanol–water partition coefficient (Wildman–Crippen LogP) is 3.92. The van der Waals surface area contributed by atoms with Crippen LogP contribution in [0.4, 0.5) is 10.1 Å². The van der Waals surface area contributed by atoms with E-state index in [-0.39, 0.29) is 16.1 Å². The lowest BCUT2D eigenvalue weighted by Gasteiger charge is -2.13. The van der Waals surface area contributed by atoms with Crippen LogP contribution in [-0.2, 0) is 16.4 Å². The number of hydrogen-bond donors (Lipinski definition) is 2. The molecule has 0 aliphatic rings. The number of aryl methyl sites for hydroxylation is 1. The largest absolute Gasteiger partial charge is 0.496 e. The van der Waals surface area contributed by atoms with Crippen LogP contribution in [0.2, 0.25) is 0 Å². The number of hydrogen-bond acceptors (Lipinski definition) is 4. The zero-order chi connectivity index (χ0) is 22.4. The van der Waals surface area contributed by atoms with Crippen LogP contribution < -0.4 is 14.8 Å². The summed E-state index contributed by atoms with van der Waals surface area (Å²) in [6.45, 7) is 2.07. The van der Waals surface area contributed by atoms with Gasteiger partial charge >= 0.3 is 0 Å². The molecule has 0 unspecified atom stereocenters. The summed E-state index contributed by atoms with van der Waals surface area (Å²) in [4.78, 5) is 12.6. The Morgan fingerprint density at radius 3 is 2.48 bits per heavy atom. The number of nitrogens with one attached hydrogen (secondary N) is 2. The zero-order valence-electron chi connectivity index (χ0n) is 17.2. The molecule has 0 aliphatic carbocycles. The highest BCUT2D eigenvalue weighted by Gasteiger charge is 2.19. The van der Waals surface area contributed by atoms with Gasteiger partial charge in [-0.3, -0.25) is 9.52 Å². The Hall–Kier alpha value is -3.39. The number of rotatable bonds is 8. The van der Waals surface area contributed by atoms with E-state index < -0.39 is 21.7 Å². The van der Waals surface area contributed by atoms with Gasteiger partial charge in [0.1, 0.15) is 11.6 Å². The second kappa shape index (κ2) is 9.61. The number of benzene rings is 3. The van der Waals surface area contributed by atoms with Crippen molar-refractivity contribution in [1.29, 1.82) is 0 Å². The molecule has 8 heteroatoms. The van der Waals surface area contributed by atoms with Crippen LogP contribution in [0.3, 0.4) is 0 Å². The SMILES string of the molecule is COc1ccccc1CCNC(=O)c1cc(S(=O)(=O)Nc2ccccc2F)ccc1C. The number of ether oxygens (including phenoxy) is 1. The van der Waals surface area contributed by atoms with Crippen LogP contribution in [0.1, 0.15) is 21.5 Å². The van der Waals surface area contributed by atoms with Gasteiger partial charge in [-0.25, -0.2) is 12.8 Å². The molecule has 0 aromatic heterocycles. The van der Waals surface area contributed by atoms with Crippen molar-refractivity contribution in [1.82, 2.24) is 5.32 Å². The first-order chi connectivity index (χ1) is 14.8. The predicted molar refractivity (Wildman–Crippen MR) is 117 cm³/mol. The summed E-state index contributed by atoms with van der Waals surface area (Å²) in [5.41, 5.74) is 1.65. The molecule has 0 saturated carbocycles. The van der Waals surface area contributed by atoms with Crippen LogP contribution in [0, 0.1) is 12.7 Å². The number of anilines is 1. The second-order valence-electron chi connectivity index (χ2n) is 6.88. The highest BCUT2D eigenvalue weighted by molar-refractivity contribution is 7.92. The van der Waals surface area contributed by atoms with Crippen LogP contribution >= 0.6 is 0 Å². The maximum absolute atomic E-state index is 13.8. The lowest BCUT2D eigenvalue weighted by Crippen LogP contribution is -2.27. The highest BCUT2D eigenvalue weighted by Crippen LogP contribution is 2.21. The fourth-order valence-electron chi connectivity index (χ4n) is 3.08. The van der Waals surface area contributed by atoms with Gasteiger partial charge in [0.15, 0.2) is 0 Å². The van der Waals surface area contributed by atoms with Crippen molar-refractivity contribution >= 4 is 21.6 Å². The summed E-state index contributed by atoms with van der Waals surface area (Å²) in [5.74, 6) is -0.344. The third-order valence-electron chi connectivity index (χ3n) is 4.75. The van der Waals surface area contributed by atoms with Crippen LogP contribution in [0.5, 0.6) is 5.75 Å². The molecule has 0 spiro atoms. The third kappa shape index (κ3) is 5.40. The van der Waals surface area contributed by atoms with E-state index in [4.69, 9.17) is 4.74 Å². The van der Waals surface area contributed by atoms with Gasteiger partial charge in [-0.15, -0.1) is 0 Å². The van der Waals surface area contributed by atoms with Gasteiger partial charge < -0.3 is 10.1 Å². The molecule has 3 rings (SSSR count). The molecule has 0 saturated heterocycles. The Bertz CT molecular complexity index is 1200. The summed E-state index contributed by atoms with van der Waals surface area (Å²) < 4.78 is 46.7. The quantitative estimate of drug-likeness (QED) is 0.554. The van der Waals surface area contributed by atoms with Gasteiger partial charge in [0.25, 0.3) is 15.9 Å². The number of sulfonamides is 1. The molecule has 31 heavy (non-hydrogen) atoms. The Kier molecular flexibility index (Phi) is 6.91. The first-order valence-corrected chi connectivity index (χ1v) is 11.1.